The van der Waals surface area contributed by atoms with Crippen LogP contribution in [0.3, 0.4) is 0 Å². The molecule has 1 heterocycles. The number of nitrogens with two attached hydrogens (primary N) is 1. The summed E-state index contributed by atoms with van der Waals surface area (Å²) in [6, 6.07) is 0. The fourth-order valence-corrected chi connectivity index (χ4v) is 7.04. The largest absolute Gasteiger partial charge is 0.748 e. The number of hydrogen-bond donors (Lipinski definition) is 7. The number of azide groups is 1. The Kier molecular flexibility index (Phi) is 41.8. The quantitative estimate of drug-likeness (QED) is 0.00739. The first-order valence-corrected chi connectivity index (χ1v) is 26.5. The zero-order valence-electron chi connectivity index (χ0n) is 39.3. The number of rotatable bonds is 34. The Hall–Kier alpha value is -4.78. The maximum Gasteiger partial charge on any atom is 0.267 e. The molecule has 27 nitrogen and oxygen atoms in total. The van der Waals surface area contributed by atoms with Crippen LogP contribution in [0, 0.1) is 17.8 Å². The van der Waals surface area contributed by atoms with Crippen molar-refractivity contribution < 1.29 is 81.9 Å². The van der Waals surface area contributed by atoms with Crippen LogP contribution in [0.4, 0.5) is 0 Å². The first-order chi connectivity index (χ1) is 32.4. The van der Waals surface area contributed by atoms with Crippen LogP contribution >= 0.6 is 0 Å². The van der Waals surface area contributed by atoms with Gasteiger partial charge in [-0.25, -0.2) is 16.8 Å². The lowest BCUT2D eigenvalue weighted by Crippen LogP contribution is -2.39. The fourth-order valence-electron chi connectivity index (χ4n) is 5.14. The first-order valence-electron chi connectivity index (χ1n) is 21.8. The predicted molar refractivity (Wildman–Crippen MR) is 250 cm³/mol. The minimum Gasteiger partial charge on any atom is -0.748 e. The van der Waals surface area contributed by atoms with E-state index in [-0.39, 0.29) is 107 Å². The highest BCUT2D eigenvalue weighted by Crippen LogP contribution is 2.23. The second-order valence-electron chi connectivity index (χ2n) is 14.6. The number of carbonyl (C=O) groups is 6. The van der Waals surface area contributed by atoms with Gasteiger partial charge in [0.2, 0.25) is 35.4 Å². The molecule has 0 aromatic rings. The van der Waals surface area contributed by atoms with E-state index in [4.69, 9.17) is 25.8 Å². The number of aliphatic hydroxyl groups is 1. The van der Waals surface area contributed by atoms with E-state index in [0.717, 1.165) is 18.6 Å². The Balaban J connectivity index is -0.00000116. The number of aliphatic hydroxyl groups excluding tert-OH is 1. The summed E-state index contributed by atoms with van der Waals surface area (Å²) in [5.74, 6) is -4.35. The third-order valence-corrected chi connectivity index (χ3v) is 11.6. The molecule has 1 saturated heterocycles. The summed E-state index contributed by atoms with van der Waals surface area (Å²) >= 11 is 0. The topological polar surface area (TPSA) is 434 Å². The van der Waals surface area contributed by atoms with Crippen molar-refractivity contribution in [3.8, 4) is 0 Å². The lowest BCUT2D eigenvalue weighted by molar-refractivity contribution is -0.129. The van der Waals surface area contributed by atoms with Crippen LogP contribution in [0.25, 0.3) is 10.4 Å². The van der Waals surface area contributed by atoms with Crippen molar-refractivity contribution >= 4 is 65.8 Å². The van der Waals surface area contributed by atoms with Gasteiger partial charge in [-0.05, 0) is 75.5 Å². The van der Waals surface area contributed by atoms with Crippen LogP contribution in [0.1, 0.15) is 71.6 Å². The molecular formula is C39H71N9O18S3-2. The van der Waals surface area contributed by atoms with Crippen molar-refractivity contribution in [3.63, 3.8) is 0 Å². The van der Waals surface area contributed by atoms with E-state index in [0.29, 0.717) is 58.5 Å². The zero-order valence-corrected chi connectivity index (χ0v) is 41.8. The highest BCUT2D eigenvalue weighted by atomic mass is 32.2. The lowest BCUT2D eigenvalue weighted by atomic mass is 9.85. The Morgan fingerprint density at radius 3 is 1.70 bits per heavy atom. The van der Waals surface area contributed by atoms with Crippen LogP contribution in [-0.2, 0) is 72.8 Å². The Bertz CT molecular complexity index is 1910. The summed E-state index contributed by atoms with van der Waals surface area (Å²) in [6.45, 7) is 12.3. The van der Waals surface area contributed by atoms with Gasteiger partial charge >= 0.3 is 0 Å². The van der Waals surface area contributed by atoms with Crippen molar-refractivity contribution in [2.24, 2.45) is 28.6 Å². The second kappa shape index (κ2) is 42.1. The maximum atomic E-state index is 12.9. The van der Waals surface area contributed by atoms with E-state index in [2.05, 4.69) is 54.0 Å². The first kappa shape index (κ1) is 68.5. The van der Waals surface area contributed by atoms with Crippen LogP contribution in [0.2, 0.25) is 0 Å². The molecule has 3 atom stereocenters. The standard InChI is InChI=1S/C23H43N7O8S.C8H15NO5S.C5H9NO2.C3H6O3S/c1-3-18(22(33)28-10-12-38-11-7-13-39(35,36)37)15-19(14-17(2)21(24)32)23(34)27-9-6-4-5-8-26-20(31)16-29-30-25;1-2-8(10)9-4-6-14-5-3-7-15(11,12)13;1-2-5(8)6-3-4-7;4-7(5)3-1-2-6-7/h17-19H,3-16H2,1-2H3,(H2,24,32)(H,26,31)(H,27,34)(H,28,33)(H,35,36,37);2H,1,3-7H2,(H,9,10)(H,11,12,13);2,7H,1,3-4H2,(H,6,8);1-3H2/p-2. The smallest absolute Gasteiger partial charge is 0.267 e. The van der Waals surface area contributed by atoms with Gasteiger partial charge in [-0.1, -0.05) is 32.1 Å². The van der Waals surface area contributed by atoms with Gasteiger partial charge in [-0.15, -0.1) is 0 Å². The second-order valence-corrected chi connectivity index (χ2v) is 19.4. The van der Waals surface area contributed by atoms with E-state index < -0.39 is 65.5 Å². The number of ether oxygens (including phenoxy) is 2. The summed E-state index contributed by atoms with van der Waals surface area (Å²) in [4.78, 5) is 71.9. The molecule has 0 bridgehead atoms. The fraction of sp³-hybridized carbons (Fsp3) is 0.744. The van der Waals surface area contributed by atoms with Crippen molar-refractivity contribution in [2.75, 3.05) is 96.2 Å². The maximum absolute atomic E-state index is 12.9. The molecule has 0 aliphatic carbocycles. The molecule has 6 amide bonds. The Labute approximate surface area is 405 Å². The number of unbranched alkanes of at least 4 members (excludes halogenated alkanes) is 2. The molecule has 0 aromatic carbocycles. The number of primary amides is 1. The number of hydrogen-bond acceptors (Lipinski definition) is 19. The van der Waals surface area contributed by atoms with Crippen molar-refractivity contribution in [2.45, 2.75) is 71.6 Å². The van der Waals surface area contributed by atoms with Crippen LogP contribution in [0.5, 0.6) is 0 Å². The molecule has 3 unspecified atom stereocenters. The van der Waals surface area contributed by atoms with E-state index in [1.54, 1.807) is 6.92 Å². The van der Waals surface area contributed by atoms with E-state index in [1.165, 1.54) is 0 Å². The highest BCUT2D eigenvalue weighted by molar-refractivity contribution is 7.87. The van der Waals surface area contributed by atoms with Crippen molar-refractivity contribution in [3.05, 3.63) is 35.8 Å². The molecular weight excluding hydrogens is 979 g/mol. The summed E-state index contributed by atoms with van der Waals surface area (Å²) in [6.07, 6.45) is 6.17. The van der Waals surface area contributed by atoms with Gasteiger partial charge in [-0.2, -0.15) is 8.42 Å². The van der Waals surface area contributed by atoms with Gasteiger partial charge in [0.15, 0.2) is 0 Å². The molecule has 69 heavy (non-hydrogen) atoms. The monoisotopic (exact) mass is 1050 g/mol. The minimum atomic E-state index is -4.28. The zero-order chi connectivity index (χ0) is 53.2. The highest BCUT2D eigenvalue weighted by Gasteiger charge is 2.29. The molecule has 1 aliphatic heterocycles. The summed E-state index contributed by atoms with van der Waals surface area (Å²) in [7, 11) is -11.5. The molecule has 400 valence electrons. The van der Waals surface area contributed by atoms with Crippen LogP contribution in [-0.4, -0.2) is 171 Å². The van der Waals surface area contributed by atoms with Gasteiger partial charge in [-0.3, -0.25) is 33.0 Å². The van der Waals surface area contributed by atoms with Crippen molar-refractivity contribution in [1.29, 1.82) is 0 Å². The molecule has 1 fully saturated rings. The Morgan fingerprint density at radius 2 is 1.28 bits per heavy atom. The summed E-state index contributed by atoms with van der Waals surface area (Å²) < 4.78 is 97.1. The van der Waals surface area contributed by atoms with Gasteiger partial charge < -0.3 is 56.0 Å². The number of nitrogens with one attached hydrogen (secondary N) is 5. The molecule has 1 rings (SSSR count). The normalized spacial score (nSPS) is 13.8. The van der Waals surface area contributed by atoms with E-state index in [9.17, 15) is 63.1 Å². The minimum absolute atomic E-state index is 0.0282. The number of nitrogens with zero attached hydrogens (tertiary/aromatic N) is 3. The van der Waals surface area contributed by atoms with Gasteiger partial charge in [0.1, 0.15) is 6.54 Å². The number of amides is 6. The summed E-state index contributed by atoms with van der Waals surface area (Å²) in [5.41, 5.74) is 13.6. The van der Waals surface area contributed by atoms with Crippen molar-refractivity contribution in [1.82, 2.24) is 26.6 Å². The third kappa shape index (κ3) is 48.1. The SMILES string of the molecule is C=CC(=O)NCCO.C=CC(=O)NCCOCCCS(=O)(=O)[O-].CCC(CC(CC(C)C(N)=O)C(=O)NCCCCCNC(=O)CN=[N+]=[N-])C(=O)NCCOCCCS(=O)(=O)[O-].O=S1(=O)CCCO1. The number of carbonyl (C=O) groups excluding carboxylic acids is 6. The van der Waals surface area contributed by atoms with Gasteiger partial charge in [0.25, 0.3) is 10.1 Å². The molecule has 30 heteroatoms. The average Bonchev–Trinajstić information content (AvgIpc) is 3.70. The predicted octanol–water partition coefficient (Wildman–Crippen LogP) is -1.43. The van der Waals surface area contributed by atoms with E-state index >= 15 is 0 Å². The Morgan fingerprint density at radius 1 is 0.783 bits per heavy atom. The summed E-state index contributed by atoms with van der Waals surface area (Å²) in [5, 5.41) is 24.4. The molecule has 8 N–H and O–H groups in total. The molecule has 0 radical (unpaired) electrons. The molecule has 0 saturated carbocycles. The average molecular weight is 1050 g/mol. The molecule has 1 aliphatic rings. The molecule has 0 aromatic heterocycles. The molecule has 0 spiro atoms. The van der Waals surface area contributed by atoms with Gasteiger partial charge in [0, 0.05) is 80.1 Å². The van der Waals surface area contributed by atoms with Crippen LogP contribution in [0.15, 0.2) is 30.4 Å². The van der Waals surface area contributed by atoms with Crippen LogP contribution < -0.4 is 32.3 Å². The van der Waals surface area contributed by atoms with E-state index in [1.807, 2.05) is 6.92 Å². The third-order valence-electron chi connectivity index (χ3n) is 8.72. The van der Waals surface area contributed by atoms with Gasteiger partial charge in [0.05, 0.1) is 52.4 Å². The lowest BCUT2D eigenvalue weighted by Gasteiger charge is -2.23.